The fourth-order valence-corrected chi connectivity index (χ4v) is 2.33. The van der Waals surface area contributed by atoms with Crippen LogP contribution >= 0.6 is 11.3 Å². The molecule has 1 heterocycles. The second-order valence-electron chi connectivity index (χ2n) is 4.66. The molecule has 18 heavy (non-hydrogen) atoms. The molecule has 0 aliphatic heterocycles. The van der Waals surface area contributed by atoms with Crippen molar-refractivity contribution >= 4 is 17.2 Å². The summed E-state index contributed by atoms with van der Waals surface area (Å²) in [5.41, 5.74) is 0.999. The van der Waals surface area contributed by atoms with Crippen LogP contribution in [-0.2, 0) is 11.3 Å². The van der Waals surface area contributed by atoms with Crippen molar-refractivity contribution in [2.45, 2.75) is 59.2 Å². The molecule has 5 heteroatoms. The van der Waals surface area contributed by atoms with Crippen molar-refractivity contribution in [1.29, 1.82) is 0 Å². The molecule has 0 saturated carbocycles. The van der Waals surface area contributed by atoms with E-state index in [2.05, 4.69) is 22.5 Å². The summed E-state index contributed by atoms with van der Waals surface area (Å²) in [4.78, 5) is 16.2. The Morgan fingerprint density at radius 2 is 2.22 bits per heavy atom. The molecule has 102 valence electrons. The van der Waals surface area contributed by atoms with Gasteiger partial charge in [0.2, 0.25) is 5.91 Å². The van der Waals surface area contributed by atoms with Gasteiger partial charge in [-0.25, -0.2) is 4.98 Å². The summed E-state index contributed by atoms with van der Waals surface area (Å²) in [6.45, 7) is 8.66. The lowest BCUT2D eigenvalue weighted by atomic mass is 10.2. The van der Waals surface area contributed by atoms with Gasteiger partial charge in [-0.2, -0.15) is 0 Å². The van der Waals surface area contributed by atoms with Crippen LogP contribution in [-0.4, -0.2) is 23.0 Å². The second kappa shape index (κ2) is 7.48. The predicted molar refractivity (Wildman–Crippen MR) is 75.7 cm³/mol. The molecule has 2 atom stereocenters. The number of carbonyl (C=O) groups is 1. The van der Waals surface area contributed by atoms with Gasteiger partial charge in [0, 0.05) is 18.0 Å². The summed E-state index contributed by atoms with van der Waals surface area (Å²) >= 11 is 1.63. The van der Waals surface area contributed by atoms with E-state index in [1.807, 2.05) is 26.2 Å². The molecule has 2 N–H and O–H groups in total. The van der Waals surface area contributed by atoms with Crippen LogP contribution in [0.3, 0.4) is 0 Å². The number of nitrogens with zero attached hydrogens (tertiary/aromatic N) is 1. The first-order valence-corrected chi connectivity index (χ1v) is 7.35. The average Bonchev–Trinajstić information content (AvgIpc) is 2.72. The zero-order valence-corrected chi connectivity index (χ0v) is 12.4. The van der Waals surface area contributed by atoms with Crippen molar-refractivity contribution in [1.82, 2.24) is 15.6 Å². The minimum absolute atomic E-state index is 0.0582. The van der Waals surface area contributed by atoms with Gasteiger partial charge in [0.25, 0.3) is 0 Å². The monoisotopic (exact) mass is 269 g/mol. The Labute approximate surface area is 113 Å². The Hall–Kier alpha value is -0.940. The highest BCUT2D eigenvalue weighted by molar-refractivity contribution is 7.09. The Morgan fingerprint density at radius 1 is 1.50 bits per heavy atom. The third kappa shape index (κ3) is 5.14. The molecule has 0 spiro atoms. The van der Waals surface area contributed by atoms with E-state index in [0.29, 0.717) is 6.54 Å². The van der Waals surface area contributed by atoms with Crippen molar-refractivity contribution in [2.75, 3.05) is 0 Å². The number of thiazole rings is 1. The first kappa shape index (κ1) is 15.1. The molecule has 0 radical (unpaired) electrons. The molecule has 2 unspecified atom stereocenters. The molecule has 4 nitrogen and oxygen atoms in total. The lowest BCUT2D eigenvalue weighted by Crippen LogP contribution is -2.45. The molecular weight excluding hydrogens is 246 g/mol. The van der Waals surface area contributed by atoms with E-state index in [0.717, 1.165) is 23.5 Å². The van der Waals surface area contributed by atoms with Gasteiger partial charge in [-0.05, 0) is 27.2 Å². The first-order valence-electron chi connectivity index (χ1n) is 6.47. The molecular formula is C13H23N3OS. The molecule has 1 aromatic heterocycles. The maximum absolute atomic E-state index is 11.9. The number of aromatic nitrogens is 1. The average molecular weight is 269 g/mol. The molecule has 1 amide bonds. The Kier molecular flexibility index (Phi) is 6.29. The van der Waals surface area contributed by atoms with Crippen molar-refractivity contribution in [3.63, 3.8) is 0 Å². The molecule has 1 rings (SSSR count). The molecule has 0 aromatic carbocycles. The normalized spacial score (nSPS) is 14.2. The number of rotatable bonds is 7. The van der Waals surface area contributed by atoms with Crippen LogP contribution in [0.2, 0.25) is 0 Å². The first-order chi connectivity index (χ1) is 8.52. The fraction of sp³-hybridized carbons (Fsp3) is 0.692. The van der Waals surface area contributed by atoms with Gasteiger partial charge in [-0.15, -0.1) is 11.3 Å². The Morgan fingerprint density at radius 3 is 2.78 bits per heavy atom. The summed E-state index contributed by atoms with van der Waals surface area (Å²) in [7, 11) is 0. The fourth-order valence-electron chi connectivity index (χ4n) is 1.71. The number of amides is 1. The Balaban J connectivity index is 2.31. The minimum Gasteiger partial charge on any atom is -0.352 e. The topological polar surface area (TPSA) is 54.0 Å². The predicted octanol–water partition coefficient (Wildman–Crippen LogP) is 2.23. The smallest absolute Gasteiger partial charge is 0.237 e. The highest BCUT2D eigenvalue weighted by Crippen LogP contribution is 2.07. The van der Waals surface area contributed by atoms with E-state index in [9.17, 15) is 4.79 Å². The zero-order chi connectivity index (χ0) is 13.5. The van der Waals surface area contributed by atoms with E-state index in [1.165, 1.54) is 0 Å². The number of aryl methyl sites for hydroxylation is 1. The van der Waals surface area contributed by atoms with Gasteiger partial charge in [0.1, 0.15) is 0 Å². The lowest BCUT2D eigenvalue weighted by Gasteiger charge is -2.17. The standard InChI is InChI=1S/C13H23N3OS/c1-5-6-9(2)15-13(17)10(3)14-7-12-8-18-11(4)16-12/h8-10,14H,5-7H2,1-4H3,(H,15,17). The highest BCUT2D eigenvalue weighted by Gasteiger charge is 2.14. The maximum Gasteiger partial charge on any atom is 0.237 e. The SMILES string of the molecule is CCCC(C)NC(=O)C(C)NCc1csc(C)n1. The van der Waals surface area contributed by atoms with Gasteiger partial charge in [-0.3, -0.25) is 4.79 Å². The van der Waals surface area contributed by atoms with E-state index < -0.39 is 0 Å². The summed E-state index contributed by atoms with van der Waals surface area (Å²) in [5.74, 6) is 0.0582. The van der Waals surface area contributed by atoms with Crippen LogP contribution in [0.1, 0.15) is 44.3 Å². The maximum atomic E-state index is 11.9. The molecule has 0 aliphatic rings. The number of nitrogens with one attached hydrogen (secondary N) is 2. The highest BCUT2D eigenvalue weighted by atomic mass is 32.1. The van der Waals surface area contributed by atoms with Crippen molar-refractivity contribution in [3.05, 3.63) is 16.1 Å². The van der Waals surface area contributed by atoms with Gasteiger partial charge in [0.05, 0.1) is 16.7 Å². The molecule has 0 fully saturated rings. The Bertz CT molecular complexity index is 378. The van der Waals surface area contributed by atoms with Crippen LogP contribution in [0, 0.1) is 6.92 Å². The zero-order valence-electron chi connectivity index (χ0n) is 11.6. The van der Waals surface area contributed by atoms with Gasteiger partial charge < -0.3 is 10.6 Å². The van der Waals surface area contributed by atoms with Crippen molar-refractivity contribution in [3.8, 4) is 0 Å². The third-order valence-electron chi connectivity index (χ3n) is 2.76. The van der Waals surface area contributed by atoms with Crippen LogP contribution in [0.5, 0.6) is 0 Å². The van der Waals surface area contributed by atoms with E-state index in [-0.39, 0.29) is 18.0 Å². The van der Waals surface area contributed by atoms with Crippen LogP contribution in [0.25, 0.3) is 0 Å². The quantitative estimate of drug-likeness (QED) is 0.798. The second-order valence-corrected chi connectivity index (χ2v) is 5.72. The van der Waals surface area contributed by atoms with Crippen LogP contribution in [0.4, 0.5) is 0 Å². The molecule has 0 aliphatic carbocycles. The number of carbonyl (C=O) groups excluding carboxylic acids is 1. The van der Waals surface area contributed by atoms with E-state index in [1.54, 1.807) is 11.3 Å². The van der Waals surface area contributed by atoms with Crippen LogP contribution < -0.4 is 10.6 Å². The molecule has 1 aromatic rings. The summed E-state index contributed by atoms with van der Waals surface area (Å²) in [5, 5.41) is 9.27. The van der Waals surface area contributed by atoms with E-state index >= 15 is 0 Å². The summed E-state index contributed by atoms with van der Waals surface area (Å²) in [6, 6.07) is 0.0552. The molecule has 0 saturated heterocycles. The summed E-state index contributed by atoms with van der Waals surface area (Å²) in [6.07, 6.45) is 2.10. The van der Waals surface area contributed by atoms with E-state index in [4.69, 9.17) is 0 Å². The van der Waals surface area contributed by atoms with Crippen molar-refractivity contribution < 1.29 is 4.79 Å². The summed E-state index contributed by atoms with van der Waals surface area (Å²) < 4.78 is 0. The number of hydrogen-bond acceptors (Lipinski definition) is 4. The van der Waals surface area contributed by atoms with Gasteiger partial charge in [-0.1, -0.05) is 13.3 Å². The van der Waals surface area contributed by atoms with Crippen molar-refractivity contribution in [2.24, 2.45) is 0 Å². The van der Waals surface area contributed by atoms with Crippen LogP contribution in [0.15, 0.2) is 5.38 Å². The lowest BCUT2D eigenvalue weighted by molar-refractivity contribution is -0.123. The minimum atomic E-state index is -0.189. The van der Waals surface area contributed by atoms with Gasteiger partial charge in [0.15, 0.2) is 0 Å². The number of hydrogen-bond donors (Lipinski definition) is 2. The third-order valence-corrected chi connectivity index (χ3v) is 3.58. The largest absolute Gasteiger partial charge is 0.352 e. The van der Waals surface area contributed by atoms with Gasteiger partial charge >= 0.3 is 0 Å². The molecule has 0 bridgehead atoms.